The number of benzene rings is 2. The number of hydrogen-bond acceptors (Lipinski definition) is 2. The topological polar surface area (TPSA) is 27.1 Å². The first kappa shape index (κ1) is 15.1. The van der Waals surface area contributed by atoms with Crippen molar-refractivity contribution in [2.75, 3.05) is 0 Å². The van der Waals surface area contributed by atoms with E-state index in [2.05, 4.69) is 48.3 Å². The van der Waals surface area contributed by atoms with Crippen LogP contribution in [0.3, 0.4) is 0 Å². The molecule has 0 saturated heterocycles. The molecule has 0 aliphatic rings. The fraction of sp³-hybridized carbons (Fsp3) is 0.150. The molecule has 1 heterocycles. The molecule has 0 aliphatic heterocycles. The van der Waals surface area contributed by atoms with Gasteiger partial charge in [-0.15, -0.1) is 0 Å². The lowest BCUT2D eigenvalue weighted by molar-refractivity contribution is 0.127. The molecule has 0 spiro atoms. The van der Waals surface area contributed by atoms with Gasteiger partial charge in [0.05, 0.1) is 6.33 Å². The third kappa shape index (κ3) is 4.10. The Bertz CT molecular complexity index is 731. The van der Waals surface area contributed by atoms with Crippen molar-refractivity contribution in [3.63, 3.8) is 0 Å². The summed E-state index contributed by atoms with van der Waals surface area (Å²) in [5.41, 5.74) is 2.34. The molecule has 1 aromatic heterocycles. The van der Waals surface area contributed by atoms with E-state index in [1.807, 2.05) is 41.1 Å². The van der Waals surface area contributed by atoms with Gasteiger partial charge >= 0.3 is 0 Å². The molecule has 3 heteroatoms. The second-order valence-corrected chi connectivity index (χ2v) is 5.30. The van der Waals surface area contributed by atoms with Gasteiger partial charge in [-0.05, 0) is 23.3 Å². The lowest BCUT2D eigenvalue weighted by atomic mass is 10.1. The van der Waals surface area contributed by atoms with E-state index in [1.54, 1.807) is 12.5 Å². The van der Waals surface area contributed by atoms with Crippen molar-refractivity contribution in [1.29, 1.82) is 0 Å². The monoisotopic (exact) mass is 304 g/mol. The standard InChI is InChI=1S/C20H20N2O/c1-2-20(22-15-14-21-16-22)23-19-12-10-18(11-13-19)9-8-17-6-4-3-5-7-17/h3-16,20H,2H2,1H3/b9-8+. The Kier molecular flexibility index (Phi) is 4.89. The number of aromatic nitrogens is 2. The van der Waals surface area contributed by atoms with Crippen LogP contribution in [-0.2, 0) is 0 Å². The van der Waals surface area contributed by atoms with Gasteiger partial charge in [0.1, 0.15) is 5.75 Å². The van der Waals surface area contributed by atoms with Gasteiger partial charge in [-0.25, -0.2) is 4.98 Å². The zero-order chi connectivity index (χ0) is 15.9. The van der Waals surface area contributed by atoms with Crippen LogP contribution in [-0.4, -0.2) is 9.55 Å². The predicted octanol–water partition coefficient (Wildman–Crippen LogP) is 5.04. The van der Waals surface area contributed by atoms with Crippen LogP contribution in [0, 0.1) is 0 Å². The fourth-order valence-corrected chi connectivity index (χ4v) is 2.37. The van der Waals surface area contributed by atoms with Gasteiger partial charge in [-0.2, -0.15) is 0 Å². The summed E-state index contributed by atoms with van der Waals surface area (Å²) in [7, 11) is 0. The first-order chi connectivity index (χ1) is 11.3. The van der Waals surface area contributed by atoms with Crippen LogP contribution in [0.25, 0.3) is 12.2 Å². The van der Waals surface area contributed by atoms with Crippen LogP contribution in [0.1, 0.15) is 30.7 Å². The summed E-state index contributed by atoms with van der Waals surface area (Å²) in [5.74, 6) is 0.863. The normalized spacial score (nSPS) is 12.4. The highest BCUT2D eigenvalue weighted by molar-refractivity contribution is 5.69. The second-order valence-electron chi connectivity index (χ2n) is 5.30. The van der Waals surface area contributed by atoms with Crippen LogP contribution in [0.4, 0.5) is 0 Å². The average molecular weight is 304 g/mol. The molecule has 1 unspecified atom stereocenters. The van der Waals surface area contributed by atoms with Gasteiger partial charge in [0.25, 0.3) is 0 Å². The molecular weight excluding hydrogens is 284 g/mol. The Morgan fingerprint density at radius 1 is 1.00 bits per heavy atom. The minimum absolute atomic E-state index is 0.0248. The molecule has 3 nitrogen and oxygen atoms in total. The smallest absolute Gasteiger partial charge is 0.176 e. The Morgan fingerprint density at radius 3 is 2.30 bits per heavy atom. The molecule has 116 valence electrons. The van der Waals surface area contributed by atoms with Gasteiger partial charge in [0, 0.05) is 18.8 Å². The van der Waals surface area contributed by atoms with Crippen LogP contribution in [0.5, 0.6) is 5.75 Å². The van der Waals surface area contributed by atoms with E-state index < -0.39 is 0 Å². The maximum atomic E-state index is 6.02. The SMILES string of the molecule is CCC(Oc1ccc(/C=C/c2ccccc2)cc1)n1ccnc1. The minimum atomic E-state index is -0.0248. The van der Waals surface area contributed by atoms with Crippen molar-refractivity contribution < 1.29 is 4.74 Å². The molecule has 0 radical (unpaired) electrons. The Hall–Kier alpha value is -2.81. The summed E-state index contributed by atoms with van der Waals surface area (Å²) in [6.07, 6.45) is 10.5. The zero-order valence-corrected chi connectivity index (χ0v) is 13.2. The molecule has 0 saturated carbocycles. The summed E-state index contributed by atoms with van der Waals surface area (Å²) >= 11 is 0. The third-order valence-corrected chi connectivity index (χ3v) is 3.63. The Labute approximate surface area is 136 Å². The van der Waals surface area contributed by atoms with Crippen molar-refractivity contribution >= 4 is 12.2 Å². The number of hydrogen-bond donors (Lipinski definition) is 0. The van der Waals surface area contributed by atoms with E-state index in [1.165, 1.54) is 5.56 Å². The van der Waals surface area contributed by atoms with E-state index in [0.717, 1.165) is 17.7 Å². The highest BCUT2D eigenvalue weighted by Gasteiger charge is 2.09. The first-order valence-corrected chi connectivity index (χ1v) is 7.82. The molecule has 0 amide bonds. The molecule has 1 atom stereocenters. The highest BCUT2D eigenvalue weighted by Crippen LogP contribution is 2.21. The molecule has 3 rings (SSSR count). The summed E-state index contributed by atoms with van der Waals surface area (Å²) in [6.45, 7) is 2.10. The first-order valence-electron chi connectivity index (χ1n) is 7.82. The number of rotatable bonds is 6. The predicted molar refractivity (Wildman–Crippen MR) is 94.0 cm³/mol. The Balaban J connectivity index is 1.66. The molecule has 0 aliphatic carbocycles. The average Bonchev–Trinajstić information content (AvgIpc) is 3.14. The van der Waals surface area contributed by atoms with E-state index in [0.29, 0.717) is 0 Å². The van der Waals surface area contributed by atoms with Gasteiger partial charge in [0.2, 0.25) is 0 Å². The molecular formula is C20H20N2O. The number of ether oxygens (including phenoxy) is 1. The van der Waals surface area contributed by atoms with Crippen LogP contribution in [0.15, 0.2) is 73.3 Å². The summed E-state index contributed by atoms with van der Waals surface area (Å²) < 4.78 is 8.00. The van der Waals surface area contributed by atoms with E-state index >= 15 is 0 Å². The van der Waals surface area contributed by atoms with Crippen molar-refractivity contribution in [2.24, 2.45) is 0 Å². The lowest BCUT2D eigenvalue weighted by Gasteiger charge is -2.18. The van der Waals surface area contributed by atoms with E-state index in [-0.39, 0.29) is 6.23 Å². The maximum Gasteiger partial charge on any atom is 0.176 e. The van der Waals surface area contributed by atoms with Crippen LogP contribution in [0.2, 0.25) is 0 Å². The molecule has 0 N–H and O–H groups in total. The van der Waals surface area contributed by atoms with E-state index in [9.17, 15) is 0 Å². The lowest BCUT2D eigenvalue weighted by Crippen LogP contribution is -2.13. The minimum Gasteiger partial charge on any atom is -0.470 e. The van der Waals surface area contributed by atoms with Gasteiger partial charge < -0.3 is 9.30 Å². The highest BCUT2D eigenvalue weighted by atomic mass is 16.5. The van der Waals surface area contributed by atoms with Crippen LogP contribution >= 0.6 is 0 Å². The molecule has 2 aromatic carbocycles. The van der Waals surface area contributed by atoms with Crippen molar-refractivity contribution in [3.05, 3.63) is 84.4 Å². The van der Waals surface area contributed by atoms with Gasteiger partial charge in [-0.1, -0.05) is 61.5 Å². The van der Waals surface area contributed by atoms with Gasteiger partial charge in [0.15, 0.2) is 6.23 Å². The molecule has 3 aromatic rings. The number of imidazole rings is 1. The maximum absolute atomic E-state index is 6.02. The van der Waals surface area contributed by atoms with Crippen LogP contribution < -0.4 is 4.74 Å². The second kappa shape index (κ2) is 7.45. The van der Waals surface area contributed by atoms with Crippen molar-refractivity contribution in [3.8, 4) is 5.75 Å². The summed E-state index contributed by atoms with van der Waals surface area (Å²) in [5, 5.41) is 0. The summed E-state index contributed by atoms with van der Waals surface area (Å²) in [4.78, 5) is 4.07. The third-order valence-electron chi connectivity index (χ3n) is 3.63. The zero-order valence-electron chi connectivity index (χ0n) is 13.2. The van der Waals surface area contributed by atoms with Crippen molar-refractivity contribution in [2.45, 2.75) is 19.6 Å². The fourth-order valence-electron chi connectivity index (χ4n) is 2.37. The quantitative estimate of drug-likeness (QED) is 0.596. The molecule has 0 fully saturated rings. The molecule has 0 bridgehead atoms. The van der Waals surface area contributed by atoms with Crippen molar-refractivity contribution in [1.82, 2.24) is 9.55 Å². The molecule has 23 heavy (non-hydrogen) atoms. The number of nitrogens with zero attached hydrogens (tertiary/aromatic N) is 2. The summed E-state index contributed by atoms with van der Waals surface area (Å²) in [6, 6.07) is 18.4. The Morgan fingerprint density at radius 2 is 1.70 bits per heavy atom. The largest absolute Gasteiger partial charge is 0.470 e. The van der Waals surface area contributed by atoms with Gasteiger partial charge in [-0.3, -0.25) is 0 Å². The van der Waals surface area contributed by atoms with E-state index in [4.69, 9.17) is 4.74 Å².